The second-order valence-corrected chi connectivity index (χ2v) is 8.30. The fourth-order valence-corrected chi connectivity index (χ4v) is 4.70. The van der Waals surface area contributed by atoms with E-state index in [9.17, 15) is 4.79 Å². The number of hydrogen-bond acceptors (Lipinski definition) is 3. The van der Waals surface area contributed by atoms with Gasteiger partial charge in [0, 0.05) is 35.7 Å². The maximum Gasteiger partial charge on any atom is 0.224 e. The van der Waals surface area contributed by atoms with E-state index in [1.54, 1.807) is 0 Å². The molecule has 1 heterocycles. The van der Waals surface area contributed by atoms with E-state index >= 15 is 0 Å². The minimum Gasteiger partial charge on any atom is -0.381 e. The summed E-state index contributed by atoms with van der Waals surface area (Å²) in [5, 5.41) is 3.97. The summed E-state index contributed by atoms with van der Waals surface area (Å²) in [5.74, 6) is -0.0213. The molecule has 1 amide bonds. The fraction of sp³-hybridized carbons (Fsp3) is 0.650. The van der Waals surface area contributed by atoms with Gasteiger partial charge in [-0.1, -0.05) is 42.6 Å². The predicted molar refractivity (Wildman–Crippen MR) is 101 cm³/mol. The second kappa shape index (κ2) is 7.65. The summed E-state index contributed by atoms with van der Waals surface area (Å²) in [6.07, 6.45) is 5.70. The van der Waals surface area contributed by atoms with Gasteiger partial charge < -0.3 is 15.8 Å². The summed E-state index contributed by atoms with van der Waals surface area (Å²) in [7, 11) is 0. The maximum atomic E-state index is 12.9. The molecule has 1 saturated carbocycles. The molecule has 1 aliphatic heterocycles. The van der Waals surface area contributed by atoms with E-state index in [-0.39, 0.29) is 17.2 Å². The highest BCUT2D eigenvalue weighted by molar-refractivity contribution is 6.31. The van der Waals surface area contributed by atoms with E-state index in [0.29, 0.717) is 19.8 Å². The van der Waals surface area contributed by atoms with Gasteiger partial charge in [0.1, 0.15) is 0 Å². The Morgan fingerprint density at radius 3 is 2.68 bits per heavy atom. The minimum absolute atomic E-state index is 0.0858. The number of ether oxygens (including phenoxy) is 1. The van der Waals surface area contributed by atoms with Crippen LogP contribution in [0.25, 0.3) is 0 Å². The van der Waals surface area contributed by atoms with Gasteiger partial charge in [0.15, 0.2) is 0 Å². The van der Waals surface area contributed by atoms with Crippen LogP contribution in [0.1, 0.15) is 51.0 Å². The number of halogens is 1. The standard InChI is InChI=1S/C20H29ClN2O2/c1-19(22)9-5-4-7-16(19)18(24)23-14-20(10-12-25-13-11-20)15-6-2-3-8-17(15)21/h2-3,6,8,16H,4-5,7,9-14,22H2,1H3,(H,23,24). The smallest absolute Gasteiger partial charge is 0.224 e. The lowest BCUT2D eigenvalue weighted by atomic mass is 9.72. The number of carbonyl (C=O) groups is 1. The van der Waals surface area contributed by atoms with Crippen LogP contribution >= 0.6 is 11.6 Å². The summed E-state index contributed by atoms with van der Waals surface area (Å²) in [6.45, 7) is 3.98. The Labute approximate surface area is 155 Å². The molecule has 2 unspecified atom stereocenters. The van der Waals surface area contributed by atoms with Crippen LogP contribution < -0.4 is 11.1 Å². The molecule has 1 aromatic carbocycles. The van der Waals surface area contributed by atoms with Crippen LogP contribution in [0, 0.1) is 5.92 Å². The second-order valence-electron chi connectivity index (χ2n) is 7.89. The zero-order valence-electron chi connectivity index (χ0n) is 15.0. The van der Waals surface area contributed by atoms with E-state index in [2.05, 4.69) is 11.4 Å². The van der Waals surface area contributed by atoms with Crippen LogP contribution in [0.2, 0.25) is 5.02 Å². The lowest BCUT2D eigenvalue weighted by Gasteiger charge is -2.41. The molecule has 2 aliphatic rings. The molecule has 0 bridgehead atoms. The highest BCUT2D eigenvalue weighted by atomic mass is 35.5. The molecule has 2 fully saturated rings. The third-order valence-corrected chi connectivity index (χ3v) is 6.40. The first-order valence-electron chi connectivity index (χ1n) is 9.34. The molecule has 1 aliphatic carbocycles. The van der Waals surface area contributed by atoms with Crippen molar-refractivity contribution in [3.05, 3.63) is 34.9 Å². The molecule has 5 heteroatoms. The number of rotatable bonds is 4. The van der Waals surface area contributed by atoms with Gasteiger partial charge in [-0.25, -0.2) is 0 Å². The van der Waals surface area contributed by atoms with Crippen LogP contribution in [-0.4, -0.2) is 31.2 Å². The largest absolute Gasteiger partial charge is 0.381 e. The zero-order valence-corrected chi connectivity index (χ0v) is 15.8. The molecule has 25 heavy (non-hydrogen) atoms. The molecule has 1 saturated heterocycles. The topological polar surface area (TPSA) is 64.4 Å². The van der Waals surface area contributed by atoms with E-state index < -0.39 is 5.54 Å². The van der Waals surface area contributed by atoms with Crippen molar-refractivity contribution in [2.24, 2.45) is 11.7 Å². The van der Waals surface area contributed by atoms with Crippen molar-refractivity contribution < 1.29 is 9.53 Å². The number of hydrogen-bond donors (Lipinski definition) is 2. The maximum absolute atomic E-state index is 12.9. The van der Waals surface area contributed by atoms with Crippen molar-refractivity contribution >= 4 is 17.5 Å². The van der Waals surface area contributed by atoms with Gasteiger partial charge in [-0.05, 0) is 44.2 Å². The molecule has 2 atom stereocenters. The third kappa shape index (κ3) is 4.02. The lowest BCUT2D eigenvalue weighted by Crippen LogP contribution is -2.54. The highest BCUT2D eigenvalue weighted by Gasteiger charge is 2.40. The molecular weight excluding hydrogens is 336 g/mol. The molecule has 0 aromatic heterocycles. The van der Waals surface area contributed by atoms with Gasteiger partial charge in [-0.15, -0.1) is 0 Å². The third-order valence-electron chi connectivity index (χ3n) is 6.07. The molecule has 138 valence electrons. The number of nitrogens with one attached hydrogen (secondary N) is 1. The van der Waals surface area contributed by atoms with Crippen LogP contribution in [-0.2, 0) is 14.9 Å². The fourth-order valence-electron chi connectivity index (χ4n) is 4.36. The van der Waals surface area contributed by atoms with Gasteiger partial charge >= 0.3 is 0 Å². The Bertz CT molecular complexity index is 611. The SMILES string of the molecule is CC1(N)CCCCC1C(=O)NCC1(c2ccccc2Cl)CCOCC1. The predicted octanol–water partition coefficient (Wildman–Crippen LogP) is 3.41. The van der Waals surface area contributed by atoms with Crippen molar-refractivity contribution in [3.63, 3.8) is 0 Å². The molecular formula is C20H29ClN2O2. The minimum atomic E-state index is -0.407. The average molecular weight is 365 g/mol. The van der Waals surface area contributed by atoms with Crippen molar-refractivity contribution in [1.29, 1.82) is 0 Å². The zero-order chi connectivity index (χ0) is 17.9. The Morgan fingerprint density at radius 2 is 2.00 bits per heavy atom. The van der Waals surface area contributed by atoms with Crippen molar-refractivity contribution in [2.45, 2.75) is 56.4 Å². The Hall–Kier alpha value is -1.10. The Kier molecular flexibility index (Phi) is 5.71. The first-order chi connectivity index (χ1) is 11.9. The van der Waals surface area contributed by atoms with E-state index in [0.717, 1.165) is 49.1 Å². The van der Waals surface area contributed by atoms with E-state index in [1.807, 2.05) is 25.1 Å². The summed E-state index contributed by atoms with van der Waals surface area (Å²) in [5.41, 5.74) is 6.94. The highest BCUT2D eigenvalue weighted by Crippen LogP contribution is 2.38. The average Bonchev–Trinajstić information content (AvgIpc) is 2.60. The first kappa shape index (κ1) is 18.7. The van der Waals surface area contributed by atoms with Crippen LogP contribution in [0.4, 0.5) is 0 Å². The summed E-state index contributed by atoms with van der Waals surface area (Å²) in [6, 6.07) is 7.96. The molecule has 1 aromatic rings. The molecule has 3 N–H and O–H groups in total. The van der Waals surface area contributed by atoms with Gasteiger partial charge in [0.2, 0.25) is 5.91 Å². The van der Waals surface area contributed by atoms with Crippen LogP contribution in [0.3, 0.4) is 0 Å². The quantitative estimate of drug-likeness (QED) is 0.860. The Morgan fingerprint density at radius 1 is 1.28 bits per heavy atom. The van der Waals surface area contributed by atoms with Crippen LogP contribution in [0.5, 0.6) is 0 Å². The molecule has 3 rings (SSSR count). The normalized spacial score (nSPS) is 29.2. The van der Waals surface area contributed by atoms with Crippen molar-refractivity contribution in [2.75, 3.05) is 19.8 Å². The molecule has 0 spiro atoms. The van der Waals surface area contributed by atoms with Gasteiger partial charge in [-0.2, -0.15) is 0 Å². The monoisotopic (exact) mass is 364 g/mol. The summed E-state index contributed by atoms with van der Waals surface area (Å²) < 4.78 is 5.57. The summed E-state index contributed by atoms with van der Waals surface area (Å²) in [4.78, 5) is 12.9. The van der Waals surface area contributed by atoms with Crippen molar-refractivity contribution in [1.82, 2.24) is 5.32 Å². The number of benzene rings is 1. The Balaban J connectivity index is 1.75. The molecule has 0 radical (unpaired) electrons. The van der Waals surface area contributed by atoms with E-state index in [4.69, 9.17) is 22.1 Å². The first-order valence-corrected chi connectivity index (χ1v) is 9.72. The van der Waals surface area contributed by atoms with E-state index in [1.165, 1.54) is 0 Å². The van der Waals surface area contributed by atoms with Crippen molar-refractivity contribution in [3.8, 4) is 0 Å². The number of nitrogens with two attached hydrogens (primary N) is 1. The van der Waals surface area contributed by atoms with Crippen LogP contribution in [0.15, 0.2) is 24.3 Å². The van der Waals surface area contributed by atoms with Gasteiger partial charge in [0.25, 0.3) is 0 Å². The lowest BCUT2D eigenvalue weighted by molar-refractivity contribution is -0.128. The van der Waals surface area contributed by atoms with Gasteiger partial charge in [0.05, 0.1) is 5.92 Å². The number of amides is 1. The molecule has 4 nitrogen and oxygen atoms in total. The summed E-state index contributed by atoms with van der Waals surface area (Å²) >= 11 is 6.48. The van der Waals surface area contributed by atoms with Gasteiger partial charge in [-0.3, -0.25) is 4.79 Å². The number of carbonyl (C=O) groups excluding carboxylic acids is 1.